The Morgan fingerprint density at radius 2 is 1.61 bits per heavy atom. The monoisotopic (exact) mass is 304 g/mol. The summed E-state index contributed by atoms with van der Waals surface area (Å²) in [6.45, 7) is 0. The van der Waals surface area contributed by atoms with Crippen molar-refractivity contribution in [2.45, 2.75) is 6.42 Å². The van der Waals surface area contributed by atoms with E-state index in [1.807, 2.05) is 18.2 Å². The lowest BCUT2D eigenvalue weighted by Gasteiger charge is -2.07. The minimum atomic E-state index is 0.749. The average Bonchev–Trinajstić information content (AvgIpc) is 2.61. The maximum Gasteiger partial charge on any atom is 0.161 e. The highest BCUT2D eigenvalue weighted by Crippen LogP contribution is 2.28. The standard InChI is InChI=1S/C21H20O2/c1-22-20-14-13-16(15-21(20)23-2)7-5-9-18-11-6-10-17-8-3-4-12-19(17)18/h3-8,10-15H,9H2,1-2H3/b7-5+. The minimum Gasteiger partial charge on any atom is -0.493 e. The zero-order valence-electron chi connectivity index (χ0n) is 13.5. The molecule has 0 saturated heterocycles. The Hall–Kier alpha value is -2.74. The van der Waals surface area contributed by atoms with E-state index in [1.54, 1.807) is 14.2 Å². The Morgan fingerprint density at radius 3 is 2.43 bits per heavy atom. The first-order chi connectivity index (χ1) is 11.3. The lowest BCUT2D eigenvalue weighted by Crippen LogP contribution is -1.90. The summed E-state index contributed by atoms with van der Waals surface area (Å²) in [4.78, 5) is 0. The molecule has 0 spiro atoms. The third-order valence-electron chi connectivity index (χ3n) is 3.94. The molecule has 3 rings (SSSR count). The molecule has 0 unspecified atom stereocenters. The maximum atomic E-state index is 5.34. The molecule has 3 aromatic rings. The molecule has 2 nitrogen and oxygen atoms in total. The van der Waals surface area contributed by atoms with Crippen LogP contribution in [0.4, 0.5) is 0 Å². The molecule has 0 saturated carbocycles. The van der Waals surface area contributed by atoms with Gasteiger partial charge in [0.15, 0.2) is 11.5 Å². The van der Waals surface area contributed by atoms with E-state index in [0.717, 1.165) is 23.5 Å². The molecule has 0 radical (unpaired) electrons. The van der Waals surface area contributed by atoms with Gasteiger partial charge in [-0.25, -0.2) is 0 Å². The molecule has 0 aliphatic rings. The van der Waals surface area contributed by atoms with Gasteiger partial charge in [-0.2, -0.15) is 0 Å². The van der Waals surface area contributed by atoms with Crippen LogP contribution in [0.1, 0.15) is 11.1 Å². The highest BCUT2D eigenvalue weighted by Gasteiger charge is 2.03. The van der Waals surface area contributed by atoms with Gasteiger partial charge in [-0.05, 0) is 40.5 Å². The highest BCUT2D eigenvalue weighted by atomic mass is 16.5. The summed E-state index contributed by atoms with van der Waals surface area (Å²) in [5.74, 6) is 1.50. The van der Waals surface area contributed by atoms with Crippen molar-refractivity contribution in [3.63, 3.8) is 0 Å². The third kappa shape index (κ3) is 3.37. The lowest BCUT2D eigenvalue weighted by atomic mass is 10.0. The molecule has 0 heterocycles. The van der Waals surface area contributed by atoms with Gasteiger partial charge in [0.1, 0.15) is 0 Å². The SMILES string of the molecule is COc1ccc(/C=C/Cc2cccc3ccccc23)cc1OC. The van der Waals surface area contributed by atoms with Crippen molar-refractivity contribution >= 4 is 16.8 Å². The first kappa shape index (κ1) is 15.2. The fourth-order valence-corrected chi connectivity index (χ4v) is 2.75. The number of fused-ring (bicyclic) bond motifs is 1. The summed E-state index contributed by atoms with van der Waals surface area (Å²) in [7, 11) is 3.30. The molecule has 3 aromatic carbocycles. The Labute approximate surface area is 137 Å². The van der Waals surface area contributed by atoms with Crippen molar-refractivity contribution in [1.82, 2.24) is 0 Å². The predicted octanol–water partition coefficient (Wildman–Crippen LogP) is 5.11. The van der Waals surface area contributed by atoms with Gasteiger partial charge in [-0.15, -0.1) is 0 Å². The Morgan fingerprint density at radius 1 is 0.826 bits per heavy atom. The normalized spacial score (nSPS) is 11.0. The molecule has 0 fully saturated rings. The second kappa shape index (κ2) is 7.01. The largest absolute Gasteiger partial charge is 0.493 e. The molecule has 23 heavy (non-hydrogen) atoms. The van der Waals surface area contributed by atoms with Gasteiger partial charge in [0, 0.05) is 0 Å². The number of methoxy groups -OCH3 is 2. The average molecular weight is 304 g/mol. The van der Waals surface area contributed by atoms with Crippen LogP contribution in [0.3, 0.4) is 0 Å². The summed E-state index contributed by atoms with van der Waals surface area (Å²) < 4.78 is 10.6. The Bertz CT molecular complexity index is 829. The molecule has 0 amide bonds. The number of rotatable bonds is 5. The number of ether oxygens (including phenoxy) is 2. The van der Waals surface area contributed by atoms with Gasteiger partial charge >= 0.3 is 0 Å². The van der Waals surface area contributed by atoms with Crippen molar-refractivity contribution in [1.29, 1.82) is 0 Å². The zero-order chi connectivity index (χ0) is 16.1. The van der Waals surface area contributed by atoms with Crippen LogP contribution >= 0.6 is 0 Å². The molecule has 0 aliphatic heterocycles. The minimum absolute atomic E-state index is 0.749. The Balaban J connectivity index is 1.81. The van der Waals surface area contributed by atoms with E-state index in [-0.39, 0.29) is 0 Å². The second-order valence-electron chi connectivity index (χ2n) is 5.36. The van der Waals surface area contributed by atoms with Gasteiger partial charge in [-0.1, -0.05) is 60.7 Å². The van der Waals surface area contributed by atoms with E-state index in [0.29, 0.717) is 0 Å². The van der Waals surface area contributed by atoms with Crippen LogP contribution in [-0.4, -0.2) is 14.2 Å². The zero-order valence-corrected chi connectivity index (χ0v) is 13.5. The van der Waals surface area contributed by atoms with E-state index < -0.39 is 0 Å². The van der Waals surface area contributed by atoms with Gasteiger partial charge in [0.2, 0.25) is 0 Å². The number of allylic oxidation sites excluding steroid dienone is 1. The topological polar surface area (TPSA) is 18.5 Å². The van der Waals surface area contributed by atoms with Crippen molar-refractivity contribution in [3.05, 3.63) is 77.9 Å². The summed E-state index contributed by atoms with van der Waals surface area (Å²) >= 11 is 0. The molecule has 0 bridgehead atoms. The van der Waals surface area contributed by atoms with Crippen LogP contribution in [0.2, 0.25) is 0 Å². The first-order valence-corrected chi connectivity index (χ1v) is 7.67. The van der Waals surface area contributed by atoms with E-state index in [2.05, 4.69) is 54.6 Å². The smallest absolute Gasteiger partial charge is 0.161 e. The first-order valence-electron chi connectivity index (χ1n) is 7.67. The van der Waals surface area contributed by atoms with E-state index in [4.69, 9.17) is 9.47 Å². The van der Waals surface area contributed by atoms with Crippen molar-refractivity contribution in [3.8, 4) is 11.5 Å². The van der Waals surface area contributed by atoms with E-state index in [1.165, 1.54) is 16.3 Å². The van der Waals surface area contributed by atoms with Gasteiger partial charge in [0.05, 0.1) is 14.2 Å². The van der Waals surface area contributed by atoms with Crippen molar-refractivity contribution in [2.24, 2.45) is 0 Å². The molecule has 0 N–H and O–H groups in total. The van der Waals surface area contributed by atoms with Crippen LogP contribution in [0.5, 0.6) is 11.5 Å². The van der Waals surface area contributed by atoms with Crippen LogP contribution in [-0.2, 0) is 6.42 Å². The number of hydrogen-bond donors (Lipinski definition) is 0. The van der Waals surface area contributed by atoms with Gasteiger partial charge in [0.25, 0.3) is 0 Å². The molecule has 0 aromatic heterocycles. The molecule has 2 heteroatoms. The van der Waals surface area contributed by atoms with Crippen LogP contribution < -0.4 is 9.47 Å². The molecule has 116 valence electrons. The fourth-order valence-electron chi connectivity index (χ4n) is 2.75. The maximum absolute atomic E-state index is 5.34. The van der Waals surface area contributed by atoms with Crippen molar-refractivity contribution in [2.75, 3.05) is 14.2 Å². The predicted molar refractivity (Wildman–Crippen MR) is 96.2 cm³/mol. The number of benzene rings is 3. The van der Waals surface area contributed by atoms with E-state index >= 15 is 0 Å². The quantitative estimate of drug-likeness (QED) is 0.652. The van der Waals surface area contributed by atoms with E-state index in [9.17, 15) is 0 Å². The highest BCUT2D eigenvalue weighted by molar-refractivity contribution is 5.85. The van der Waals surface area contributed by atoms with Gasteiger partial charge in [-0.3, -0.25) is 0 Å². The third-order valence-corrected chi connectivity index (χ3v) is 3.94. The summed E-state index contributed by atoms with van der Waals surface area (Å²) in [5, 5.41) is 2.59. The fraction of sp³-hybridized carbons (Fsp3) is 0.143. The Kier molecular flexibility index (Phi) is 4.62. The van der Waals surface area contributed by atoms with Gasteiger partial charge < -0.3 is 9.47 Å². The molecular formula is C21H20O2. The molecule has 0 aliphatic carbocycles. The van der Waals surface area contributed by atoms with Crippen LogP contribution in [0.25, 0.3) is 16.8 Å². The summed E-state index contributed by atoms with van der Waals surface area (Å²) in [6.07, 6.45) is 5.20. The molecular weight excluding hydrogens is 284 g/mol. The number of hydrogen-bond acceptors (Lipinski definition) is 2. The van der Waals surface area contributed by atoms with Crippen LogP contribution in [0, 0.1) is 0 Å². The molecule has 0 atom stereocenters. The van der Waals surface area contributed by atoms with Crippen molar-refractivity contribution < 1.29 is 9.47 Å². The lowest BCUT2D eigenvalue weighted by molar-refractivity contribution is 0.355. The van der Waals surface area contributed by atoms with Crippen LogP contribution in [0.15, 0.2) is 66.7 Å². The summed E-state index contributed by atoms with van der Waals surface area (Å²) in [5.41, 5.74) is 2.43. The second-order valence-corrected chi connectivity index (χ2v) is 5.36. The summed E-state index contributed by atoms with van der Waals surface area (Å²) in [6, 6.07) is 20.9.